The van der Waals surface area contributed by atoms with Gasteiger partial charge in [0.15, 0.2) is 0 Å². The van der Waals surface area contributed by atoms with E-state index in [1.54, 1.807) is 28.8 Å². The molecule has 0 saturated carbocycles. The topological polar surface area (TPSA) is 81.3 Å². The zero-order valence-corrected chi connectivity index (χ0v) is 17.4. The molecule has 0 aliphatic carbocycles. The lowest BCUT2D eigenvalue weighted by atomic mass is 10.1. The molecule has 1 amide bonds. The van der Waals surface area contributed by atoms with Crippen LogP contribution in [0.25, 0.3) is 5.78 Å². The molecule has 3 rings (SSSR count). The van der Waals surface area contributed by atoms with E-state index in [0.717, 1.165) is 10.6 Å². The van der Waals surface area contributed by atoms with Crippen molar-refractivity contribution in [1.29, 1.82) is 0 Å². The Kier molecular flexibility index (Phi) is 6.18. The first-order valence-corrected chi connectivity index (χ1v) is 10.3. The van der Waals surface area contributed by atoms with Crippen LogP contribution in [0.1, 0.15) is 45.9 Å². The van der Waals surface area contributed by atoms with Crippen molar-refractivity contribution < 1.29 is 4.79 Å². The molecule has 2 heterocycles. The number of rotatable bonds is 7. The number of aromatic nitrogens is 4. The number of hydrogen-bond acceptors (Lipinski definition) is 5. The van der Waals surface area contributed by atoms with Crippen LogP contribution in [0, 0.1) is 5.92 Å². The van der Waals surface area contributed by atoms with E-state index in [2.05, 4.69) is 15.3 Å². The summed E-state index contributed by atoms with van der Waals surface area (Å²) in [5, 5.41) is 2.90. The highest BCUT2D eigenvalue weighted by Crippen LogP contribution is 2.23. The first kappa shape index (κ1) is 20.1. The monoisotopic (exact) mass is 399 g/mol. The number of hydrogen-bond donors (Lipinski definition) is 1. The van der Waals surface area contributed by atoms with Gasteiger partial charge >= 0.3 is 0 Å². The van der Waals surface area contributed by atoms with E-state index in [4.69, 9.17) is 0 Å². The fourth-order valence-electron chi connectivity index (χ4n) is 2.79. The summed E-state index contributed by atoms with van der Waals surface area (Å²) in [6, 6.07) is 9.36. The van der Waals surface area contributed by atoms with Crippen LogP contribution in [0.2, 0.25) is 0 Å². The van der Waals surface area contributed by atoms with Crippen molar-refractivity contribution in [2.24, 2.45) is 5.92 Å². The molecule has 0 spiro atoms. The molecule has 1 aromatic carbocycles. The number of carbonyl (C=O) groups is 1. The van der Waals surface area contributed by atoms with Gasteiger partial charge < -0.3 is 5.32 Å². The van der Waals surface area contributed by atoms with Crippen molar-refractivity contribution in [2.45, 2.75) is 50.8 Å². The van der Waals surface area contributed by atoms with Crippen LogP contribution in [0.5, 0.6) is 0 Å². The smallest absolute Gasteiger partial charge is 0.274 e. The summed E-state index contributed by atoms with van der Waals surface area (Å²) in [5.41, 5.74) is 1.35. The van der Waals surface area contributed by atoms with E-state index in [1.807, 2.05) is 52.0 Å². The van der Waals surface area contributed by atoms with Crippen LogP contribution in [0.15, 0.2) is 46.3 Å². The number of nitrogens with one attached hydrogen (secondary N) is 1. The third kappa shape index (κ3) is 4.81. The fraction of sp³-hybridized carbons (Fsp3) is 0.400. The third-order valence-electron chi connectivity index (χ3n) is 4.10. The molecule has 0 bridgehead atoms. The van der Waals surface area contributed by atoms with Crippen molar-refractivity contribution in [1.82, 2.24) is 19.2 Å². The summed E-state index contributed by atoms with van der Waals surface area (Å²) >= 11 is 1.58. The van der Waals surface area contributed by atoms with Crippen LogP contribution in [-0.4, -0.2) is 25.1 Å². The molecule has 0 atom stereocenters. The lowest BCUT2D eigenvalue weighted by Gasteiger charge is -2.09. The van der Waals surface area contributed by atoms with Crippen molar-refractivity contribution >= 4 is 29.1 Å². The molecule has 8 heteroatoms. The first-order valence-electron chi connectivity index (χ1n) is 9.32. The maximum atomic E-state index is 12.4. The van der Waals surface area contributed by atoms with Crippen LogP contribution < -0.4 is 10.9 Å². The van der Waals surface area contributed by atoms with Crippen molar-refractivity contribution in [3.8, 4) is 0 Å². The maximum Gasteiger partial charge on any atom is 0.274 e. The van der Waals surface area contributed by atoms with E-state index < -0.39 is 0 Å². The van der Waals surface area contributed by atoms with Crippen LogP contribution >= 0.6 is 11.8 Å². The first-order chi connectivity index (χ1) is 13.3. The van der Waals surface area contributed by atoms with Crippen LogP contribution in [-0.2, 0) is 10.5 Å². The highest BCUT2D eigenvalue weighted by Gasteiger charge is 2.10. The Morgan fingerprint density at radius 2 is 1.89 bits per heavy atom. The lowest BCUT2D eigenvalue weighted by molar-refractivity contribution is -0.116. The van der Waals surface area contributed by atoms with Gasteiger partial charge in [0, 0.05) is 34.9 Å². The van der Waals surface area contributed by atoms with Crippen molar-refractivity contribution in [3.63, 3.8) is 0 Å². The van der Waals surface area contributed by atoms with E-state index in [0.29, 0.717) is 29.6 Å². The summed E-state index contributed by atoms with van der Waals surface area (Å²) < 4.78 is 3.27. The number of benzene rings is 1. The van der Waals surface area contributed by atoms with Crippen molar-refractivity contribution in [3.05, 3.63) is 52.7 Å². The SMILES string of the molecule is CC(C)CC(=O)Nc1ccc(SCc2cc(=O)n3c(ncn3C(C)C)n2)cc1. The summed E-state index contributed by atoms with van der Waals surface area (Å²) in [6.07, 6.45) is 2.14. The highest BCUT2D eigenvalue weighted by atomic mass is 32.2. The van der Waals surface area contributed by atoms with Gasteiger partial charge in [0.05, 0.1) is 5.69 Å². The quantitative estimate of drug-likeness (QED) is 0.612. The molecule has 0 aliphatic rings. The summed E-state index contributed by atoms with van der Waals surface area (Å²) in [4.78, 5) is 34.0. The molecule has 0 unspecified atom stereocenters. The number of nitrogens with zero attached hydrogens (tertiary/aromatic N) is 4. The van der Waals surface area contributed by atoms with Crippen LogP contribution in [0.4, 0.5) is 5.69 Å². The van der Waals surface area contributed by atoms with Gasteiger partial charge in [-0.3, -0.25) is 14.3 Å². The minimum Gasteiger partial charge on any atom is -0.326 e. The maximum absolute atomic E-state index is 12.4. The highest BCUT2D eigenvalue weighted by molar-refractivity contribution is 7.98. The minimum absolute atomic E-state index is 0.0224. The van der Waals surface area contributed by atoms with Gasteiger partial charge in [0.2, 0.25) is 5.91 Å². The largest absolute Gasteiger partial charge is 0.326 e. The minimum atomic E-state index is -0.130. The molecule has 0 radical (unpaired) electrons. The van der Waals surface area contributed by atoms with Gasteiger partial charge in [-0.2, -0.15) is 9.50 Å². The Balaban J connectivity index is 1.66. The number of amides is 1. The normalized spacial score (nSPS) is 11.5. The molecular formula is C20H25N5O2S. The number of fused-ring (bicyclic) bond motifs is 1. The average molecular weight is 400 g/mol. The summed E-state index contributed by atoms with van der Waals surface area (Å²) in [5.74, 6) is 1.34. The third-order valence-corrected chi connectivity index (χ3v) is 5.15. The standard InChI is InChI=1S/C20H25N5O2S/c1-13(2)9-18(26)22-15-5-7-17(8-6-15)28-11-16-10-19(27)25-20(23-16)21-12-24(25)14(3)4/h5-8,10,12-14H,9,11H2,1-4H3,(H,22,26). The van der Waals surface area contributed by atoms with E-state index >= 15 is 0 Å². The predicted octanol–water partition coefficient (Wildman–Crippen LogP) is 3.75. The Morgan fingerprint density at radius 1 is 1.18 bits per heavy atom. The van der Waals surface area contributed by atoms with Gasteiger partial charge in [-0.25, -0.2) is 4.98 Å². The summed E-state index contributed by atoms with van der Waals surface area (Å²) in [7, 11) is 0. The molecule has 148 valence electrons. The molecular weight excluding hydrogens is 374 g/mol. The zero-order chi connectivity index (χ0) is 20.3. The van der Waals surface area contributed by atoms with E-state index in [9.17, 15) is 9.59 Å². The Bertz CT molecular complexity index is 1020. The Morgan fingerprint density at radius 3 is 2.54 bits per heavy atom. The second-order valence-electron chi connectivity index (χ2n) is 7.38. The molecule has 28 heavy (non-hydrogen) atoms. The van der Waals surface area contributed by atoms with Gasteiger partial charge in [-0.05, 0) is 44.0 Å². The fourth-order valence-corrected chi connectivity index (χ4v) is 3.58. The van der Waals surface area contributed by atoms with Crippen LogP contribution in [0.3, 0.4) is 0 Å². The van der Waals surface area contributed by atoms with Gasteiger partial charge in [0.25, 0.3) is 11.3 Å². The number of carbonyl (C=O) groups excluding carboxylic acids is 1. The molecule has 0 fully saturated rings. The molecule has 2 aromatic heterocycles. The summed E-state index contributed by atoms with van der Waals surface area (Å²) in [6.45, 7) is 8.02. The Labute approximate surface area is 168 Å². The zero-order valence-electron chi connectivity index (χ0n) is 16.5. The number of anilines is 1. The second-order valence-corrected chi connectivity index (χ2v) is 8.42. The van der Waals surface area contributed by atoms with E-state index in [-0.39, 0.29) is 17.5 Å². The molecule has 7 nitrogen and oxygen atoms in total. The van der Waals surface area contributed by atoms with Gasteiger partial charge in [0.1, 0.15) is 6.33 Å². The molecule has 0 saturated heterocycles. The molecule has 0 aliphatic heterocycles. The molecule has 1 N–H and O–H groups in total. The lowest BCUT2D eigenvalue weighted by Crippen LogP contribution is -2.22. The molecule has 3 aromatic rings. The van der Waals surface area contributed by atoms with E-state index in [1.165, 1.54) is 4.52 Å². The Hall–Kier alpha value is -2.61. The average Bonchev–Trinajstić information content (AvgIpc) is 3.05. The number of thioether (sulfide) groups is 1. The van der Waals surface area contributed by atoms with Crippen molar-refractivity contribution in [2.75, 3.05) is 5.32 Å². The second kappa shape index (κ2) is 8.60. The van der Waals surface area contributed by atoms with Gasteiger partial charge in [-0.15, -0.1) is 11.8 Å². The predicted molar refractivity (Wildman–Crippen MR) is 112 cm³/mol. The van der Waals surface area contributed by atoms with Gasteiger partial charge in [-0.1, -0.05) is 13.8 Å².